The molecule has 16 nitrogen and oxygen atoms in total. The van der Waals surface area contributed by atoms with Crippen LogP contribution in [0.4, 0.5) is 10.2 Å². The lowest BCUT2D eigenvalue weighted by Crippen LogP contribution is -2.31. The number of nitrogens with zero attached hydrogens (tertiary/aromatic N) is 8. The Labute approximate surface area is 349 Å². The van der Waals surface area contributed by atoms with Gasteiger partial charge in [-0.25, -0.2) is 39.9 Å². The summed E-state index contributed by atoms with van der Waals surface area (Å²) in [5.41, 5.74) is 17.6. The fraction of sp³-hybridized carbons (Fsp3) is 0.227. The number of halogens is 1. The number of aromatic nitrogens is 10. The van der Waals surface area contributed by atoms with E-state index < -0.39 is 5.95 Å². The lowest BCUT2D eigenvalue weighted by atomic mass is 10.1. The van der Waals surface area contributed by atoms with Crippen molar-refractivity contribution in [3.8, 4) is 22.5 Å². The molecule has 2 unspecified atom stereocenters. The standard InChI is InChI=1S/C22H21N7O.C16H13FN4O.C6H9N3/c1-12(16-6-8-23-11-25-16)27-21-13(2)26-18-5-3-4-14(20(18)29-21)19-10-15-17(28-19)7-9-24-22(15)30;1-8-15(17)21-14-9(3-2-4-12(14)19-8)13-7-10-11(20-13)5-6-18-16(10)22;1-5(7)6-2-3-8-4-9-6/h3-6,8,10-12,28H,7,9H2,1-2H3,(H,24,30)(H,27,29);2-4,7,20H,5-6H2,1H3,(H,18,22);2-5H,7H2,1H3. The van der Waals surface area contributed by atoms with Gasteiger partial charge < -0.3 is 31.7 Å². The molecule has 2 aliphatic rings. The SMILES string of the molecule is CC(N)c1ccncn1.Cc1nc2cccc(-c3cc4c([nH]3)CCNC4=O)c2nc1F.Cc1nc2cccc(-c3cc4c([nH]3)CCNC4=O)c2nc1NC(C)c1ccncn1. The summed E-state index contributed by atoms with van der Waals surface area (Å²) < 4.78 is 13.8. The Morgan fingerprint density at radius 2 is 1.20 bits per heavy atom. The highest BCUT2D eigenvalue weighted by Gasteiger charge is 2.23. The van der Waals surface area contributed by atoms with Gasteiger partial charge in [-0.1, -0.05) is 24.3 Å². The highest BCUT2D eigenvalue weighted by molar-refractivity contribution is 6.00. The van der Waals surface area contributed by atoms with Crippen LogP contribution in [-0.4, -0.2) is 74.7 Å². The maximum Gasteiger partial charge on any atom is 0.253 e. The molecule has 61 heavy (non-hydrogen) atoms. The molecule has 0 spiro atoms. The topological polar surface area (TPSA) is 231 Å². The first-order chi connectivity index (χ1) is 29.5. The number of carbonyl (C=O) groups is 2. The summed E-state index contributed by atoms with van der Waals surface area (Å²) in [6.07, 6.45) is 7.99. The van der Waals surface area contributed by atoms with Crippen molar-refractivity contribution in [3.63, 3.8) is 0 Å². The number of H-pyrrole nitrogens is 2. The predicted molar refractivity (Wildman–Crippen MR) is 229 cm³/mol. The maximum absolute atomic E-state index is 13.8. The van der Waals surface area contributed by atoms with Crippen LogP contribution in [0.1, 0.15) is 80.8 Å². The molecule has 0 aliphatic carbocycles. The zero-order chi connectivity index (χ0) is 42.6. The number of amides is 2. The van der Waals surface area contributed by atoms with Gasteiger partial charge in [0.2, 0.25) is 5.95 Å². The van der Waals surface area contributed by atoms with Crippen LogP contribution in [0, 0.1) is 19.8 Å². The van der Waals surface area contributed by atoms with Crippen LogP contribution >= 0.6 is 0 Å². The molecular formula is C44H43FN14O2. The van der Waals surface area contributed by atoms with Crippen LogP contribution in [0.15, 0.2) is 85.7 Å². The van der Waals surface area contributed by atoms with E-state index >= 15 is 0 Å². The maximum atomic E-state index is 13.8. The van der Waals surface area contributed by atoms with Crippen LogP contribution < -0.4 is 21.7 Å². The normalized spacial score (nSPS) is 14.0. The number of fused-ring (bicyclic) bond motifs is 4. The van der Waals surface area contributed by atoms with Gasteiger partial charge in [-0.05, 0) is 64.1 Å². The lowest BCUT2D eigenvalue weighted by Gasteiger charge is -2.16. The molecule has 10 rings (SSSR count). The number of para-hydroxylation sites is 2. The van der Waals surface area contributed by atoms with E-state index in [2.05, 4.69) is 55.8 Å². The molecule has 2 aromatic carbocycles. The average molecular weight is 819 g/mol. The molecule has 8 heterocycles. The number of hydrogen-bond acceptors (Lipinski definition) is 12. The minimum absolute atomic E-state index is 0.00741. The van der Waals surface area contributed by atoms with E-state index in [4.69, 9.17) is 15.7 Å². The van der Waals surface area contributed by atoms with Crippen molar-refractivity contribution in [1.82, 2.24) is 60.5 Å². The van der Waals surface area contributed by atoms with E-state index in [0.717, 1.165) is 74.9 Å². The van der Waals surface area contributed by atoms with Gasteiger partial charge in [0, 0.05) is 78.3 Å². The van der Waals surface area contributed by atoms with Crippen molar-refractivity contribution in [1.29, 1.82) is 0 Å². The quantitative estimate of drug-likeness (QED) is 0.113. The third-order valence-electron chi connectivity index (χ3n) is 10.3. The van der Waals surface area contributed by atoms with Crippen LogP contribution in [0.2, 0.25) is 0 Å². The monoisotopic (exact) mass is 818 g/mol. The van der Waals surface area contributed by atoms with Gasteiger partial charge in [0.1, 0.15) is 29.5 Å². The van der Waals surface area contributed by atoms with E-state index in [-0.39, 0.29) is 29.6 Å². The molecular weight excluding hydrogens is 776 g/mol. The third kappa shape index (κ3) is 8.63. The molecule has 0 fully saturated rings. The second kappa shape index (κ2) is 17.4. The molecule has 308 valence electrons. The third-order valence-corrected chi connectivity index (χ3v) is 10.3. The summed E-state index contributed by atoms with van der Waals surface area (Å²) in [4.78, 5) is 64.6. The van der Waals surface area contributed by atoms with E-state index in [1.807, 2.05) is 69.3 Å². The van der Waals surface area contributed by atoms with Crippen molar-refractivity contribution in [2.24, 2.45) is 5.73 Å². The predicted octanol–water partition coefficient (Wildman–Crippen LogP) is 6.04. The molecule has 8 aromatic rings. The number of hydrogen-bond donors (Lipinski definition) is 6. The molecule has 0 radical (unpaired) electrons. The Bertz CT molecular complexity index is 2880. The van der Waals surface area contributed by atoms with Gasteiger partial charge >= 0.3 is 0 Å². The van der Waals surface area contributed by atoms with Crippen molar-refractivity contribution < 1.29 is 14.0 Å². The molecule has 6 aromatic heterocycles. The fourth-order valence-electron chi connectivity index (χ4n) is 7.17. The molecule has 7 N–H and O–H groups in total. The van der Waals surface area contributed by atoms with Crippen LogP contribution in [0.5, 0.6) is 0 Å². The number of nitrogens with two attached hydrogens (primary N) is 1. The Morgan fingerprint density at radius 1 is 0.672 bits per heavy atom. The summed E-state index contributed by atoms with van der Waals surface area (Å²) >= 11 is 0. The van der Waals surface area contributed by atoms with Gasteiger partial charge in [0.05, 0.1) is 51.0 Å². The Morgan fingerprint density at radius 3 is 1.69 bits per heavy atom. The Kier molecular flexibility index (Phi) is 11.5. The zero-order valence-electron chi connectivity index (χ0n) is 33.9. The number of aromatic amines is 2. The first-order valence-electron chi connectivity index (χ1n) is 19.8. The lowest BCUT2D eigenvalue weighted by molar-refractivity contribution is 0.0937. The zero-order valence-corrected chi connectivity index (χ0v) is 33.9. The summed E-state index contributed by atoms with van der Waals surface area (Å²) in [7, 11) is 0. The van der Waals surface area contributed by atoms with Gasteiger partial charge in [0.25, 0.3) is 11.8 Å². The second-order valence-corrected chi connectivity index (χ2v) is 14.7. The Balaban J connectivity index is 0.000000144. The summed E-state index contributed by atoms with van der Waals surface area (Å²) in [5.74, 6) is 0.00294. The molecule has 0 bridgehead atoms. The van der Waals surface area contributed by atoms with E-state index in [1.165, 1.54) is 12.7 Å². The molecule has 0 saturated heterocycles. The fourth-order valence-corrected chi connectivity index (χ4v) is 7.17. The van der Waals surface area contributed by atoms with Gasteiger partial charge in [0.15, 0.2) is 0 Å². The number of anilines is 1. The largest absolute Gasteiger partial charge is 0.360 e. The first-order valence-corrected chi connectivity index (χ1v) is 19.8. The van der Waals surface area contributed by atoms with Crippen molar-refractivity contribution in [3.05, 3.63) is 137 Å². The van der Waals surface area contributed by atoms with Crippen LogP contribution in [-0.2, 0) is 12.8 Å². The number of nitrogens with one attached hydrogen (secondary N) is 5. The highest BCUT2D eigenvalue weighted by Crippen LogP contribution is 2.32. The van der Waals surface area contributed by atoms with Crippen molar-refractivity contribution >= 4 is 39.7 Å². The molecule has 2 atom stereocenters. The number of carbonyl (C=O) groups excluding carboxylic acids is 2. The first kappa shape index (κ1) is 40.3. The van der Waals surface area contributed by atoms with E-state index in [1.54, 1.807) is 31.5 Å². The minimum atomic E-state index is -0.575. The highest BCUT2D eigenvalue weighted by atomic mass is 19.1. The minimum Gasteiger partial charge on any atom is -0.360 e. The molecule has 0 saturated carbocycles. The van der Waals surface area contributed by atoms with Crippen LogP contribution in [0.25, 0.3) is 44.6 Å². The molecule has 2 aliphatic heterocycles. The van der Waals surface area contributed by atoms with Gasteiger partial charge in [-0.2, -0.15) is 4.39 Å². The average Bonchev–Trinajstić information content (AvgIpc) is 3.92. The van der Waals surface area contributed by atoms with E-state index in [0.29, 0.717) is 41.1 Å². The molecule has 17 heteroatoms. The number of rotatable bonds is 6. The summed E-state index contributed by atoms with van der Waals surface area (Å²) in [6.45, 7) is 8.71. The Hall–Kier alpha value is -7.53. The summed E-state index contributed by atoms with van der Waals surface area (Å²) in [6, 6.07) is 18.7. The number of benzene rings is 2. The second-order valence-electron chi connectivity index (χ2n) is 14.7. The van der Waals surface area contributed by atoms with E-state index in [9.17, 15) is 14.0 Å². The van der Waals surface area contributed by atoms with Gasteiger partial charge in [-0.3, -0.25) is 9.59 Å². The molecule has 2 amide bonds. The summed E-state index contributed by atoms with van der Waals surface area (Å²) in [5, 5.41) is 9.11. The van der Waals surface area contributed by atoms with Gasteiger partial charge in [-0.15, -0.1) is 0 Å². The van der Waals surface area contributed by atoms with Crippen LogP contribution in [0.3, 0.4) is 0 Å². The van der Waals surface area contributed by atoms with Crippen molar-refractivity contribution in [2.45, 2.75) is 52.6 Å². The van der Waals surface area contributed by atoms with Crippen molar-refractivity contribution in [2.75, 3.05) is 18.4 Å². The smallest absolute Gasteiger partial charge is 0.253 e. The number of aryl methyl sites for hydroxylation is 2.